The highest BCUT2D eigenvalue weighted by Gasteiger charge is 2.45. The molecule has 1 aromatic carbocycles. The zero-order chi connectivity index (χ0) is 16.9. The van der Waals surface area contributed by atoms with Crippen molar-refractivity contribution in [3.8, 4) is 0 Å². The lowest BCUT2D eigenvalue weighted by atomic mass is 10.1. The van der Waals surface area contributed by atoms with Gasteiger partial charge >= 0.3 is 5.97 Å². The molecular weight excluding hydrogens is 315 g/mol. The number of halogens is 3. The van der Waals surface area contributed by atoms with Crippen LogP contribution in [0, 0.1) is 17.5 Å². The fourth-order valence-corrected chi connectivity index (χ4v) is 2.64. The fraction of sp³-hybridized carbons (Fsp3) is 0.333. The maximum absolute atomic E-state index is 14.2. The summed E-state index contributed by atoms with van der Waals surface area (Å²) in [6, 6.07) is 0.548. The number of ether oxygens (including phenoxy) is 1. The summed E-state index contributed by atoms with van der Waals surface area (Å²) in [6.45, 7) is -0.399. The zero-order valence-electron chi connectivity index (χ0n) is 12.0. The number of methoxy groups -OCH3 is 1. The molecule has 0 atom stereocenters. The number of rotatable bonds is 3. The standard InChI is InChI=1S/C15H12F3NO4/c1-23-14(22)8-5-19(15(6-20)2-3-15)12-7(13(8)21)4-9(16)10(17)11(12)18/h4-5,20H,2-3,6H2,1H3. The zero-order valence-corrected chi connectivity index (χ0v) is 12.0. The van der Waals surface area contributed by atoms with Crippen molar-refractivity contribution < 1.29 is 27.8 Å². The van der Waals surface area contributed by atoms with Crippen molar-refractivity contribution in [3.05, 3.63) is 45.5 Å². The number of fused-ring (bicyclic) bond motifs is 1. The summed E-state index contributed by atoms with van der Waals surface area (Å²) in [4.78, 5) is 24.0. The first-order chi connectivity index (χ1) is 10.9. The Hall–Kier alpha value is -2.35. The lowest BCUT2D eigenvalue weighted by Crippen LogP contribution is -2.28. The number of carbonyl (C=O) groups excluding carboxylic acids is 1. The Kier molecular flexibility index (Phi) is 3.44. The van der Waals surface area contributed by atoms with Crippen LogP contribution in [0.15, 0.2) is 17.1 Å². The Morgan fingerprint density at radius 2 is 2.00 bits per heavy atom. The van der Waals surface area contributed by atoms with Crippen molar-refractivity contribution >= 4 is 16.9 Å². The van der Waals surface area contributed by atoms with Crippen molar-refractivity contribution in [1.29, 1.82) is 0 Å². The molecule has 0 spiro atoms. The van der Waals surface area contributed by atoms with Crippen LogP contribution in [-0.2, 0) is 10.3 Å². The average molecular weight is 327 g/mol. The molecule has 3 rings (SSSR count). The normalized spacial score (nSPS) is 15.7. The summed E-state index contributed by atoms with van der Waals surface area (Å²) in [7, 11) is 1.06. The number of nitrogens with zero attached hydrogens (tertiary/aromatic N) is 1. The minimum absolute atomic E-state index is 0.399. The van der Waals surface area contributed by atoms with Crippen LogP contribution in [-0.4, -0.2) is 29.4 Å². The molecule has 8 heteroatoms. The van der Waals surface area contributed by atoms with E-state index >= 15 is 0 Å². The van der Waals surface area contributed by atoms with Crippen LogP contribution in [0.3, 0.4) is 0 Å². The van der Waals surface area contributed by atoms with E-state index < -0.39 is 57.5 Å². The van der Waals surface area contributed by atoms with Gasteiger partial charge in [-0.25, -0.2) is 18.0 Å². The second kappa shape index (κ2) is 5.09. The van der Waals surface area contributed by atoms with Crippen LogP contribution >= 0.6 is 0 Å². The molecule has 122 valence electrons. The van der Waals surface area contributed by atoms with Gasteiger partial charge in [0.1, 0.15) is 5.56 Å². The number of pyridine rings is 1. The van der Waals surface area contributed by atoms with Gasteiger partial charge in [-0.15, -0.1) is 0 Å². The van der Waals surface area contributed by atoms with Crippen LogP contribution < -0.4 is 5.43 Å². The molecule has 1 heterocycles. The predicted molar refractivity (Wildman–Crippen MR) is 73.7 cm³/mol. The minimum Gasteiger partial charge on any atom is -0.465 e. The molecule has 2 aromatic rings. The van der Waals surface area contributed by atoms with Gasteiger partial charge in [0.15, 0.2) is 17.5 Å². The second-order valence-corrected chi connectivity index (χ2v) is 5.50. The van der Waals surface area contributed by atoms with Gasteiger partial charge < -0.3 is 14.4 Å². The Labute approximate surface area is 127 Å². The topological polar surface area (TPSA) is 68.5 Å². The van der Waals surface area contributed by atoms with Crippen molar-refractivity contribution in [2.45, 2.75) is 18.4 Å². The number of esters is 1. The van der Waals surface area contributed by atoms with Crippen molar-refractivity contribution in [2.24, 2.45) is 0 Å². The molecule has 1 N–H and O–H groups in total. The van der Waals surface area contributed by atoms with Gasteiger partial charge in [-0.2, -0.15) is 0 Å². The Balaban J connectivity index is 2.49. The van der Waals surface area contributed by atoms with Crippen LogP contribution in [0.5, 0.6) is 0 Å². The molecule has 0 unspecified atom stereocenters. The van der Waals surface area contributed by atoms with E-state index in [0.29, 0.717) is 18.9 Å². The number of aromatic nitrogens is 1. The molecule has 1 fully saturated rings. The molecule has 0 bridgehead atoms. The molecule has 23 heavy (non-hydrogen) atoms. The van der Waals surface area contributed by atoms with E-state index in [-0.39, 0.29) is 0 Å². The van der Waals surface area contributed by atoms with E-state index in [1.807, 2.05) is 0 Å². The van der Waals surface area contributed by atoms with Gasteiger partial charge in [-0.05, 0) is 18.9 Å². The first kappa shape index (κ1) is 15.5. The van der Waals surface area contributed by atoms with Gasteiger partial charge in [0.05, 0.1) is 30.2 Å². The lowest BCUT2D eigenvalue weighted by Gasteiger charge is -2.21. The van der Waals surface area contributed by atoms with Crippen molar-refractivity contribution in [2.75, 3.05) is 13.7 Å². The van der Waals surface area contributed by atoms with Crippen molar-refractivity contribution in [3.63, 3.8) is 0 Å². The number of aliphatic hydroxyl groups excluding tert-OH is 1. The third-order valence-corrected chi connectivity index (χ3v) is 4.16. The summed E-state index contributed by atoms with van der Waals surface area (Å²) >= 11 is 0. The molecule has 1 aromatic heterocycles. The first-order valence-corrected chi connectivity index (χ1v) is 6.79. The quantitative estimate of drug-likeness (QED) is 0.688. The smallest absolute Gasteiger partial charge is 0.343 e. The molecule has 0 aliphatic heterocycles. The summed E-state index contributed by atoms with van der Waals surface area (Å²) in [5.41, 5.74) is -2.83. The predicted octanol–water partition coefficient (Wildman–Crippen LogP) is 1.69. The van der Waals surface area contributed by atoms with Gasteiger partial charge in [-0.3, -0.25) is 4.79 Å². The highest BCUT2D eigenvalue weighted by Crippen LogP contribution is 2.45. The van der Waals surface area contributed by atoms with Gasteiger partial charge in [0.25, 0.3) is 0 Å². The molecule has 1 saturated carbocycles. The van der Waals surface area contributed by atoms with Crippen LogP contribution in [0.4, 0.5) is 13.2 Å². The highest BCUT2D eigenvalue weighted by molar-refractivity contribution is 5.94. The van der Waals surface area contributed by atoms with Crippen LogP contribution in [0.1, 0.15) is 23.2 Å². The molecule has 0 radical (unpaired) electrons. The molecule has 1 aliphatic carbocycles. The van der Waals surface area contributed by atoms with Gasteiger partial charge in [0.2, 0.25) is 5.43 Å². The third kappa shape index (κ3) is 2.13. The minimum atomic E-state index is -1.72. The van der Waals surface area contributed by atoms with Crippen LogP contribution in [0.25, 0.3) is 10.9 Å². The van der Waals surface area contributed by atoms with Crippen molar-refractivity contribution in [1.82, 2.24) is 4.57 Å². The molecule has 1 aliphatic rings. The summed E-state index contributed by atoms with van der Waals surface area (Å²) < 4.78 is 47.0. The first-order valence-electron chi connectivity index (χ1n) is 6.79. The van der Waals surface area contributed by atoms with Crippen LogP contribution in [0.2, 0.25) is 0 Å². The maximum Gasteiger partial charge on any atom is 0.343 e. The van der Waals surface area contributed by atoms with E-state index in [0.717, 1.165) is 17.9 Å². The SMILES string of the molecule is COC(=O)c1cn(C2(CO)CC2)c2c(F)c(F)c(F)cc2c1=O. The van der Waals surface area contributed by atoms with E-state index in [4.69, 9.17) is 0 Å². The average Bonchev–Trinajstić information content (AvgIpc) is 3.34. The van der Waals surface area contributed by atoms with E-state index in [9.17, 15) is 27.9 Å². The summed E-state index contributed by atoms with van der Waals surface area (Å²) in [6.07, 6.45) is 1.92. The maximum atomic E-state index is 14.2. The third-order valence-electron chi connectivity index (χ3n) is 4.16. The largest absolute Gasteiger partial charge is 0.465 e. The van der Waals surface area contributed by atoms with Gasteiger partial charge in [0, 0.05) is 6.20 Å². The number of carbonyl (C=O) groups is 1. The Bertz CT molecular complexity index is 887. The molecule has 0 saturated heterocycles. The molecule has 0 amide bonds. The Morgan fingerprint density at radius 1 is 1.35 bits per heavy atom. The Morgan fingerprint density at radius 3 is 2.52 bits per heavy atom. The van der Waals surface area contributed by atoms with E-state index in [1.165, 1.54) is 0 Å². The second-order valence-electron chi connectivity index (χ2n) is 5.50. The highest BCUT2D eigenvalue weighted by atomic mass is 19.2. The lowest BCUT2D eigenvalue weighted by molar-refractivity contribution is 0.0598. The fourth-order valence-electron chi connectivity index (χ4n) is 2.64. The number of benzene rings is 1. The van der Waals surface area contributed by atoms with E-state index in [2.05, 4.69) is 4.74 Å². The number of hydrogen-bond acceptors (Lipinski definition) is 4. The van der Waals surface area contributed by atoms with E-state index in [1.54, 1.807) is 0 Å². The monoisotopic (exact) mass is 327 g/mol. The summed E-state index contributed by atoms with van der Waals surface area (Å²) in [5.74, 6) is -5.77. The summed E-state index contributed by atoms with van der Waals surface area (Å²) in [5, 5.41) is 9.05. The number of aliphatic hydroxyl groups is 1. The van der Waals surface area contributed by atoms with Gasteiger partial charge in [-0.1, -0.05) is 0 Å². The number of hydrogen-bond donors (Lipinski definition) is 1. The molecular formula is C15H12F3NO4. The molecule has 5 nitrogen and oxygen atoms in total.